The normalized spacial score (nSPS) is 21.3. The Hall–Kier alpha value is -1.20. The number of anilines is 1. The van der Waals surface area contributed by atoms with Crippen LogP contribution in [0.4, 0.5) is 5.82 Å². The lowest BCUT2D eigenvalue weighted by molar-refractivity contribution is 0.0245. The van der Waals surface area contributed by atoms with Crippen LogP contribution in [0.3, 0.4) is 0 Å². The lowest BCUT2D eigenvalue weighted by Gasteiger charge is -2.22. The van der Waals surface area contributed by atoms with Crippen LogP contribution in [0.1, 0.15) is 11.8 Å². The van der Waals surface area contributed by atoms with Gasteiger partial charge < -0.3 is 15.0 Å². The van der Waals surface area contributed by atoms with Crippen molar-refractivity contribution in [3.63, 3.8) is 0 Å². The smallest absolute Gasteiger partial charge is 0.150 e. The zero-order valence-corrected chi connectivity index (χ0v) is 9.10. The van der Waals surface area contributed by atoms with E-state index in [1.54, 1.807) is 0 Å². The maximum absolute atomic E-state index is 5.59. The van der Waals surface area contributed by atoms with Crippen molar-refractivity contribution in [1.82, 2.24) is 15.5 Å². The van der Waals surface area contributed by atoms with Crippen LogP contribution in [0, 0.1) is 0 Å². The van der Waals surface area contributed by atoms with Gasteiger partial charge in [-0.2, -0.15) is 5.10 Å². The molecule has 0 aliphatic carbocycles. The summed E-state index contributed by atoms with van der Waals surface area (Å²) in [6.07, 6.45) is 0.0439. The highest BCUT2D eigenvalue weighted by molar-refractivity contribution is 5.35. The quantitative estimate of drug-likeness (QED) is 0.752. The molecular weight excluding hydrogens is 192 g/mol. The molecule has 0 aromatic carbocycles. The van der Waals surface area contributed by atoms with Crippen molar-refractivity contribution >= 4 is 5.82 Å². The van der Waals surface area contributed by atoms with Gasteiger partial charge in [0, 0.05) is 27.2 Å². The Morgan fingerprint density at radius 2 is 2.27 bits per heavy atom. The van der Waals surface area contributed by atoms with Crippen LogP contribution < -0.4 is 10.2 Å². The van der Waals surface area contributed by atoms with Crippen LogP contribution >= 0.6 is 0 Å². The summed E-state index contributed by atoms with van der Waals surface area (Å²) >= 11 is 0. The van der Waals surface area contributed by atoms with E-state index in [4.69, 9.17) is 4.74 Å². The largest absolute Gasteiger partial charge is 0.369 e. The van der Waals surface area contributed by atoms with Gasteiger partial charge >= 0.3 is 0 Å². The van der Waals surface area contributed by atoms with Gasteiger partial charge in [0.15, 0.2) is 5.82 Å². The van der Waals surface area contributed by atoms with Crippen LogP contribution in [0.25, 0.3) is 0 Å². The van der Waals surface area contributed by atoms with Crippen molar-refractivity contribution in [3.05, 3.63) is 17.8 Å². The van der Waals surface area contributed by atoms with Crippen molar-refractivity contribution in [2.75, 3.05) is 38.7 Å². The fourth-order valence-corrected chi connectivity index (χ4v) is 1.50. The van der Waals surface area contributed by atoms with E-state index in [1.807, 2.05) is 31.1 Å². The molecule has 15 heavy (non-hydrogen) atoms. The fourth-order valence-electron chi connectivity index (χ4n) is 1.50. The minimum absolute atomic E-state index is 0.0439. The molecule has 1 aliphatic heterocycles. The topological polar surface area (TPSA) is 50.3 Å². The van der Waals surface area contributed by atoms with Crippen molar-refractivity contribution in [2.45, 2.75) is 6.10 Å². The van der Waals surface area contributed by atoms with Crippen LogP contribution in [-0.4, -0.2) is 44.0 Å². The average Bonchev–Trinajstić information content (AvgIpc) is 2.30. The first-order chi connectivity index (χ1) is 7.27. The van der Waals surface area contributed by atoms with Gasteiger partial charge in [-0.25, -0.2) is 0 Å². The van der Waals surface area contributed by atoms with Crippen molar-refractivity contribution < 1.29 is 4.74 Å². The zero-order valence-electron chi connectivity index (χ0n) is 9.10. The van der Waals surface area contributed by atoms with Crippen LogP contribution in [-0.2, 0) is 4.74 Å². The minimum Gasteiger partial charge on any atom is -0.369 e. The van der Waals surface area contributed by atoms with E-state index in [2.05, 4.69) is 15.5 Å². The highest BCUT2D eigenvalue weighted by Crippen LogP contribution is 2.16. The van der Waals surface area contributed by atoms with Crippen LogP contribution in [0.5, 0.6) is 0 Å². The molecule has 5 heteroatoms. The van der Waals surface area contributed by atoms with Gasteiger partial charge in [0.2, 0.25) is 0 Å². The molecule has 82 valence electrons. The zero-order chi connectivity index (χ0) is 10.7. The van der Waals surface area contributed by atoms with Crippen molar-refractivity contribution in [1.29, 1.82) is 0 Å². The lowest BCUT2D eigenvalue weighted by atomic mass is 10.2. The summed E-state index contributed by atoms with van der Waals surface area (Å²) in [6, 6.07) is 3.93. The Morgan fingerprint density at radius 1 is 1.40 bits per heavy atom. The first kappa shape index (κ1) is 10.3. The van der Waals surface area contributed by atoms with Gasteiger partial charge in [-0.1, -0.05) is 0 Å². The van der Waals surface area contributed by atoms with E-state index in [-0.39, 0.29) is 6.10 Å². The molecule has 1 fully saturated rings. The van der Waals surface area contributed by atoms with E-state index in [0.717, 1.165) is 31.2 Å². The third-order valence-corrected chi connectivity index (χ3v) is 2.39. The first-order valence-corrected chi connectivity index (χ1v) is 5.10. The van der Waals surface area contributed by atoms with Gasteiger partial charge in [0.05, 0.1) is 12.3 Å². The number of nitrogens with one attached hydrogen (secondary N) is 1. The Labute approximate surface area is 89.4 Å². The second kappa shape index (κ2) is 4.55. The molecule has 0 amide bonds. The Kier molecular flexibility index (Phi) is 3.13. The number of hydrogen-bond acceptors (Lipinski definition) is 5. The number of morpholine rings is 1. The molecule has 1 unspecified atom stereocenters. The summed E-state index contributed by atoms with van der Waals surface area (Å²) < 4.78 is 5.59. The molecule has 1 aliphatic rings. The summed E-state index contributed by atoms with van der Waals surface area (Å²) in [5.41, 5.74) is 0.896. The summed E-state index contributed by atoms with van der Waals surface area (Å²) in [5.74, 6) is 0.863. The van der Waals surface area contributed by atoms with Crippen molar-refractivity contribution in [3.8, 4) is 0 Å². The molecule has 0 radical (unpaired) electrons. The van der Waals surface area contributed by atoms with E-state index in [9.17, 15) is 0 Å². The fraction of sp³-hybridized carbons (Fsp3) is 0.600. The maximum atomic E-state index is 5.59. The second-order valence-electron chi connectivity index (χ2n) is 3.77. The van der Waals surface area contributed by atoms with E-state index in [1.165, 1.54) is 0 Å². The summed E-state index contributed by atoms with van der Waals surface area (Å²) in [5, 5.41) is 11.6. The number of hydrogen-bond donors (Lipinski definition) is 1. The monoisotopic (exact) mass is 208 g/mol. The molecule has 1 atom stereocenters. The summed E-state index contributed by atoms with van der Waals surface area (Å²) in [6.45, 7) is 2.47. The molecule has 1 aromatic rings. The third-order valence-electron chi connectivity index (χ3n) is 2.39. The van der Waals surface area contributed by atoms with E-state index >= 15 is 0 Å². The molecular formula is C10H16N4O. The molecule has 2 heterocycles. The molecule has 0 bridgehead atoms. The van der Waals surface area contributed by atoms with Crippen LogP contribution in [0.15, 0.2) is 12.1 Å². The van der Waals surface area contributed by atoms with E-state index in [0.29, 0.717) is 0 Å². The summed E-state index contributed by atoms with van der Waals surface area (Å²) in [7, 11) is 3.89. The lowest BCUT2D eigenvalue weighted by Crippen LogP contribution is -2.33. The third kappa shape index (κ3) is 2.43. The van der Waals surface area contributed by atoms with Gasteiger partial charge in [0.25, 0.3) is 0 Å². The molecule has 1 aromatic heterocycles. The SMILES string of the molecule is CN(C)c1ccc(C2CNCCO2)nn1. The van der Waals surface area contributed by atoms with Gasteiger partial charge in [-0.05, 0) is 12.1 Å². The molecule has 0 spiro atoms. The van der Waals surface area contributed by atoms with Gasteiger partial charge in [-0.3, -0.25) is 0 Å². The number of rotatable bonds is 2. The average molecular weight is 208 g/mol. The Bertz CT molecular complexity index is 306. The van der Waals surface area contributed by atoms with Gasteiger partial charge in [-0.15, -0.1) is 5.10 Å². The highest BCUT2D eigenvalue weighted by Gasteiger charge is 2.17. The molecule has 1 N–H and O–H groups in total. The first-order valence-electron chi connectivity index (χ1n) is 5.10. The predicted molar refractivity (Wildman–Crippen MR) is 57.9 cm³/mol. The molecule has 5 nitrogen and oxygen atoms in total. The highest BCUT2D eigenvalue weighted by atomic mass is 16.5. The number of aromatic nitrogens is 2. The Morgan fingerprint density at radius 3 is 2.80 bits per heavy atom. The maximum Gasteiger partial charge on any atom is 0.150 e. The molecule has 0 saturated carbocycles. The Balaban J connectivity index is 2.08. The van der Waals surface area contributed by atoms with Crippen LogP contribution in [0.2, 0.25) is 0 Å². The number of nitrogens with zero attached hydrogens (tertiary/aromatic N) is 3. The van der Waals surface area contributed by atoms with Gasteiger partial charge in [0.1, 0.15) is 6.10 Å². The van der Waals surface area contributed by atoms with Crippen molar-refractivity contribution in [2.24, 2.45) is 0 Å². The second-order valence-corrected chi connectivity index (χ2v) is 3.77. The number of ether oxygens (including phenoxy) is 1. The minimum atomic E-state index is 0.0439. The molecule has 1 saturated heterocycles. The summed E-state index contributed by atoms with van der Waals surface area (Å²) in [4.78, 5) is 1.93. The molecule has 2 rings (SSSR count). The standard InChI is InChI=1S/C10H16N4O/c1-14(2)10-4-3-8(12-13-10)9-7-11-5-6-15-9/h3-4,9,11H,5-7H2,1-2H3. The predicted octanol–water partition coefficient (Wildman–Crippen LogP) is 0.203. The van der Waals surface area contributed by atoms with E-state index < -0.39 is 0 Å².